The third kappa shape index (κ3) is 5.10. The van der Waals surface area contributed by atoms with Crippen molar-refractivity contribution in [2.75, 3.05) is 23.4 Å². The molecule has 8 nitrogen and oxygen atoms in total. The Labute approximate surface area is 180 Å². The van der Waals surface area contributed by atoms with Gasteiger partial charge in [-0.05, 0) is 44.2 Å². The third-order valence-corrected chi connectivity index (χ3v) is 5.62. The second-order valence-electron chi connectivity index (χ2n) is 7.95. The number of hydrogen-bond donors (Lipinski definition) is 2. The normalized spacial score (nSPS) is 21.4. The second kappa shape index (κ2) is 9.28. The molecule has 2 aromatic rings. The number of benzene rings is 1. The van der Waals surface area contributed by atoms with Crippen LogP contribution in [0, 0.1) is 5.82 Å². The van der Waals surface area contributed by atoms with Gasteiger partial charge in [-0.1, -0.05) is 12.1 Å². The molecule has 31 heavy (non-hydrogen) atoms. The van der Waals surface area contributed by atoms with Gasteiger partial charge in [-0.3, -0.25) is 9.69 Å². The number of ether oxygens (including phenoxy) is 1. The van der Waals surface area contributed by atoms with Crippen LogP contribution in [-0.2, 0) is 9.53 Å². The van der Waals surface area contributed by atoms with E-state index in [2.05, 4.69) is 20.6 Å². The van der Waals surface area contributed by atoms with E-state index in [1.807, 2.05) is 0 Å². The summed E-state index contributed by atoms with van der Waals surface area (Å²) < 4.78 is 19.7. The fourth-order valence-corrected chi connectivity index (χ4v) is 4.10. The molecule has 1 aromatic heterocycles. The largest absolute Gasteiger partial charge is 0.449 e. The van der Waals surface area contributed by atoms with Crippen molar-refractivity contribution in [1.82, 2.24) is 15.3 Å². The fourth-order valence-electron chi connectivity index (χ4n) is 4.10. The predicted octanol–water partition coefficient (Wildman–Crippen LogP) is 3.49. The first-order chi connectivity index (χ1) is 15.0. The first-order valence-electron chi connectivity index (χ1n) is 10.6. The Morgan fingerprint density at radius 1 is 1.23 bits per heavy atom. The van der Waals surface area contributed by atoms with Crippen molar-refractivity contribution in [2.24, 2.45) is 0 Å². The molecule has 164 valence electrons. The highest BCUT2D eigenvalue weighted by molar-refractivity contribution is 5.89. The van der Waals surface area contributed by atoms with Gasteiger partial charge in [0.2, 0.25) is 11.9 Å². The van der Waals surface area contributed by atoms with Gasteiger partial charge in [-0.15, -0.1) is 0 Å². The lowest BCUT2D eigenvalue weighted by Crippen LogP contribution is -2.39. The maximum atomic E-state index is 14.6. The number of nitrogens with zero attached hydrogens (tertiary/aromatic N) is 3. The van der Waals surface area contributed by atoms with Crippen LogP contribution in [0.5, 0.6) is 0 Å². The molecule has 2 amide bonds. The smallest absolute Gasteiger partial charge is 0.414 e. The van der Waals surface area contributed by atoms with Gasteiger partial charge in [0.15, 0.2) is 5.82 Å². The summed E-state index contributed by atoms with van der Waals surface area (Å²) in [6.45, 7) is 2.50. The van der Waals surface area contributed by atoms with E-state index in [1.54, 1.807) is 29.2 Å². The number of aromatic nitrogens is 2. The molecule has 1 aliphatic carbocycles. The maximum absolute atomic E-state index is 14.6. The lowest BCUT2D eigenvalue weighted by Gasteiger charge is -2.29. The monoisotopic (exact) mass is 427 g/mol. The van der Waals surface area contributed by atoms with Gasteiger partial charge in [-0.2, -0.15) is 0 Å². The molecule has 2 aliphatic rings. The minimum atomic E-state index is -0.529. The van der Waals surface area contributed by atoms with Crippen LogP contribution in [-0.4, -0.2) is 47.2 Å². The van der Waals surface area contributed by atoms with Gasteiger partial charge in [0.1, 0.15) is 5.69 Å². The van der Waals surface area contributed by atoms with Crippen molar-refractivity contribution in [1.29, 1.82) is 0 Å². The van der Waals surface area contributed by atoms with Crippen LogP contribution in [0.3, 0.4) is 0 Å². The van der Waals surface area contributed by atoms with Crippen LogP contribution in [0.2, 0.25) is 0 Å². The molecule has 0 atom stereocenters. The number of amides is 2. The van der Waals surface area contributed by atoms with Gasteiger partial charge in [0.25, 0.3) is 0 Å². The molecule has 1 aromatic carbocycles. The molecule has 9 heteroatoms. The first-order valence-corrected chi connectivity index (χ1v) is 10.6. The summed E-state index contributed by atoms with van der Waals surface area (Å²) in [4.78, 5) is 33.3. The summed E-state index contributed by atoms with van der Waals surface area (Å²) in [5.74, 6) is -0.177. The number of carbonyl (C=O) groups excluding carboxylic acids is 2. The number of nitrogens with one attached hydrogen (secondary N) is 2. The summed E-state index contributed by atoms with van der Waals surface area (Å²) in [7, 11) is 0. The van der Waals surface area contributed by atoms with Gasteiger partial charge < -0.3 is 15.4 Å². The molecular weight excluding hydrogens is 401 g/mol. The van der Waals surface area contributed by atoms with E-state index in [0.29, 0.717) is 30.4 Å². The predicted molar refractivity (Wildman–Crippen MR) is 114 cm³/mol. The lowest BCUT2D eigenvalue weighted by atomic mass is 9.91. The Kier molecular flexibility index (Phi) is 6.29. The number of carbonyl (C=O) groups is 2. The summed E-state index contributed by atoms with van der Waals surface area (Å²) in [5.41, 5.74) is 1.39. The molecule has 0 bridgehead atoms. The molecule has 1 aliphatic heterocycles. The highest BCUT2D eigenvalue weighted by Crippen LogP contribution is 2.28. The quantitative estimate of drug-likeness (QED) is 0.758. The SMILES string of the molecule is CC(=O)N[C@H]1CC[C@H](Nc2ncc(F)c(-c3cccc(N4CCCOC4=O)c3)n2)CC1. The molecule has 1 saturated heterocycles. The minimum Gasteiger partial charge on any atom is -0.449 e. The number of rotatable bonds is 5. The Morgan fingerprint density at radius 2 is 2.00 bits per heavy atom. The molecule has 4 rings (SSSR count). The van der Waals surface area contributed by atoms with Crippen LogP contribution in [0.25, 0.3) is 11.3 Å². The van der Waals surface area contributed by atoms with Crippen molar-refractivity contribution in [3.8, 4) is 11.3 Å². The van der Waals surface area contributed by atoms with E-state index in [0.717, 1.165) is 38.3 Å². The fraction of sp³-hybridized carbons (Fsp3) is 0.455. The maximum Gasteiger partial charge on any atom is 0.414 e. The van der Waals surface area contributed by atoms with Gasteiger partial charge in [-0.25, -0.2) is 19.2 Å². The highest BCUT2D eigenvalue weighted by atomic mass is 19.1. The minimum absolute atomic E-state index is 0.0111. The molecule has 0 radical (unpaired) electrons. The van der Waals surface area contributed by atoms with Crippen molar-refractivity contribution in [2.45, 2.75) is 51.1 Å². The van der Waals surface area contributed by atoms with Crippen LogP contribution in [0.1, 0.15) is 39.0 Å². The zero-order valence-electron chi connectivity index (χ0n) is 17.4. The van der Waals surface area contributed by atoms with Crippen LogP contribution >= 0.6 is 0 Å². The zero-order valence-corrected chi connectivity index (χ0v) is 17.4. The van der Waals surface area contributed by atoms with Gasteiger partial charge in [0, 0.05) is 36.8 Å². The standard InChI is InChI=1S/C22H26FN5O3/c1-14(29)25-16-6-8-17(9-7-16)26-21-24-13-19(23)20(27-21)15-4-2-5-18(12-15)28-10-3-11-31-22(28)30/h2,4-5,12-13,16-17H,3,6-11H2,1H3,(H,25,29)(H,24,26,27)/t16-,17-. The molecule has 0 spiro atoms. The van der Waals surface area contributed by atoms with Crippen LogP contribution in [0.15, 0.2) is 30.5 Å². The van der Waals surface area contributed by atoms with E-state index >= 15 is 0 Å². The molecule has 0 unspecified atom stereocenters. The van der Waals surface area contributed by atoms with Crippen molar-refractivity contribution in [3.05, 3.63) is 36.3 Å². The average Bonchev–Trinajstić information content (AvgIpc) is 2.76. The number of anilines is 2. The van der Waals surface area contributed by atoms with Crippen molar-refractivity contribution in [3.63, 3.8) is 0 Å². The summed E-state index contributed by atoms with van der Waals surface area (Å²) in [5, 5.41) is 6.25. The van der Waals surface area contributed by atoms with E-state index < -0.39 is 11.9 Å². The van der Waals surface area contributed by atoms with Gasteiger partial charge >= 0.3 is 6.09 Å². The lowest BCUT2D eigenvalue weighted by molar-refractivity contribution is -0.119. The molecule has 2 heterocycles. The Balaban J connectivity index is 1.48. The van der Waals surface area contributed by atoms with E-state index in [9.17, 15) is 14.0 Å². The molecule has 1 saturated carbocycles. The van der Waals surface area contributed by atoms with Crippen LogP contribution in [0.4, 0.5) is 20.8 Å². The topological polar surface area (TPSA) is 96.5 Å². The Hall–Kier alpha value is -3.23. The molecule has 2 N–H and O–H groups in total. The average molecular weight is 427 g/mol. The summed E-state index contributed by atoms with van der Waals surface area (Å²) >= 11 is 0. The molecular formula is C22H26FN5O3. The van der Waals surface area contributed by atoms with Gasteiger partial charge in [0.05, 0.1) is 12.8 Å². The second-order valence-corrected chi connectivity index (χ2v) is 7.95. The molecule has 2 fully saturated rings. The number of hydrogen-bond acceptors (Lipinski definition) is 6. The number of halogens is 1. The summed E-state index contributed by atoms with van der Waals surface area (Å²) in [6, 6.07) is 7.42. The Morgan fingerprint density at radius 3 is 2.74 bits per heavy atom. The van der Waals surface area contributed by atoms with Crippen LogP contribution < -0.4 is 15.5 Å². The van der Waals surface area contributed by atoms with Crippen molar-refractivity contribution < 1.29 is 18.7 Å². The summed E-state index contributed by atoms with van der Waals surface area (Å²) in [6.07, 6.45) is 4.99. The Bertz CT molecular complexity index is 962. The zero-order chi connectivity index (χ0) is 21.8. The number of cyclic esters (lactones) is 1. The van der Waals surface area contributed by atoms with E-state index in [-0.39, 0.29) is 23.7 Å². The third-order valence-electron chi connectivity index (χ3n) is 5.62. The highest BCUT2D eigenvalue weighted by Gasteiger charge is 2.24. The van der Waals surface area contributed by atoms with Crippen molar-refractivity contribution >= 4 is 23.6 Å². The van der Waals surface area contributed by atoms with E-state index in [1.165, 1.54) is 6.92 Å². The first kappa shape index (κ1) is 21.0. The van der Waals surface area contributed by atoms with E-state index in [4.69, 9.17) is 4.74 Å².